The summed E-state index contributed by atoms with van der Waals surface area (Å²) in [5, 5.41) is 4.92. The number of piperidine rings is 1. The van der Waals surface area contributed by atoms with E-state index in [2.05, 4.69) is 10.6 Å². The fourth-order valence-electron chi connectivity index (χ4n) is 3.29. The molecule has 2 amide bonds. The molecule has 0 aromatic rings. The molecule has 1 rings (SSSR count). The van der Waals surface area contributed by atoms with E-state index >= 15 is 0 Å². The van der Waals surface area contributed by atoms with Gasteiger partial charge in [0.05, 0.1) is 21.1 Å². The molecule has 0 bridgehead atoms. The van der Waals surface area contributed by atoms with Gasteiger partial charge in [0.2, 0.25) is 11.8 Å². The number of nitrogens with zero attached hydrogens (tertiary/aromatic N) is 1. The summed E-state index contributed by atoms with van der Waals surface area (Å²) in [6, 6.07) is -2.33. The molecule has 0 saturated carbocycles. The lowest BCUT2D eigenvalue weighted by molar-refractivity contribution is -0.131. The van der Waals surface area contributed by atoms with Gasteiger partial charge in [0.15, 0.2) is 5.78 Å². The Morgan fingerprint density at radius 2 is 1.83 bits per heavy atom. The molecule has 1 heterocycles. The number of rotatable bonds is 12. The quantitative estimate of drug-likeness (QED) is 0.232. The summed E-state index contributed by atoms with van der Waals surface area (Å²) in [6.07, 6.45) is 3.13. The molecule has 7 nitrogen and oxygen atoms in total. The molecule has 0 aliphatic carbocycles. The van der Waals surface area contributed by atoms with Gasteiger partial charge < -0.3 is 10.6 Å². The molecule has 4 unspecified atom stereocenters. The minimum atomic E-state index is -2.36. The third-order valence-corrected chi connectivity index (χ3v) is 6.01. The van der Waals surface area contributed by atoms with Gasteiger partial charge in [0.25, 0.3) is 0 Å². The summed E-state index contributed by atoms with van der Waals surface area (Å²) in [4.78, 5) is 50.4. The second kappa shape index (κ2) is 13.3. The summed E-state index contributed by atoms with van der Waals surface area (Å²) >= 11 is 1.99. The van der Waals surface area contributed by atoms with Crippen LogP contribution in [-0.2, 0) is 19.2 Å². The van der Waals surface area contributed by atoms with Crippen molar-refractivity contribution in [3.63, 3.8) is 0 Å². The number of Topliss-reactive ketones (excluding diaryl/α,β-unsaturated/α-hetero) is 2. The summed E-state index contributed by atoms with van der Waals surface area (Å²) in [5.74, 6) is -2.68. The Morgan fingerprint density at radius 3 is 2.41 bits per heavy atom. The maximum Gasteiger partial charge on any atom is 0.234 e. The van der Waals surface area contributed by atoms with E-state index in [9.17, 15) is 19.2 Å². The predicted molar refractivity (Wildman–Crippen MR) is 122 cm³/mol. The predicted octanol–water partition coefficient (Wildman–Crippen LogP) is 2.25. The number of carbonyl (C=O) groups is 4. The summed E-state index contributed by atoms with van der Waals surface area (Å²) in [5.41, 5.74) is 0. The van der Waals surface area contributed by atoms with Gasteiger partial charge in [-0.1, -0.05) is 35.9 Å². The van der Waals surface area contributed by atoms with Crippen molar-refractivity contribution in [3.05, 3.63) is 0 Å². The van der Waals surface area contributed by atoms with Crippen LogP contribution in [0.5, 0.6) is 0 Å². The number of alkyl halides is 1. The number of nitrogens with one attached hydrogen (secondary N) is 2. The van der Waals surface area contributed by atoms with E-state index < -0.39 is 30.1 Å². The van der Waals surface area contributed by atoms with Gasteiger partial charge in [-0.15, -0.1) is 0 Å². The maximum atomic E-state index is 12.7. The molecule has 0 spiro atoms. The highest BCUT2D eigenvalue weighted by molar-refractivity contribution is 14.1. The number of carbonyl (C=O) groups excluding carboxylic acids is 4. The van der Waals surface area contributed by atoms with Gasteiger partial charge >= 0.3 is 0 Å². The highest BCUT2D eigenvalue weighted by Gasteiger charge is 2.28. The van der Waals surface area contributed by atoms with Crippen molar-refractivity contribution in [3.8, 4) is 0 Å². The minimum Gasteiger partial charge on any atom is -0.356 e. The lowest BCUT2D eigenvalue weighted by Gasteiger charge is -2.38. The van der Waals surface area contributed by atoms with E-state index in [0.29, 0.717) is 23.8 Å². The minimum absolute atomic E-state index is 0.108. The fraction of sp³-hybridized carbons (Fsp3) is 0.810. The van der Waals surface area contributed by atoms with Crippen LogP contribution < -0.4 is 10.6 Å². The SMILES string of the molecule is [2H]C(C)(NC(=O)C([2H])([2H])N1C(C)CCCC1C)C(=O)CC(C)C(=O)NCCCC(=O)CI. The number of amides is 2. The summed E-state index contributed by atoms with van der Waals surface area (Å²) in [6.45, 7) is 4.44. The van der Waals surface area contributed by atoms with Crippen LogP contribution in [0.25, 0.3) is 0 Å². The Kier molecular flexibility index (Phi) is 9.73. The second-order valence-electron chi connectivity index (χ2n) is 7.82. The maximum absolute atomic E-state index is 12.7. The molecule has 166 valence electrons. The molecule has 1 saturated heterocycles. The number of halogens is 1. The molecule has 29 heavy (non-hydrogen) atoms. The normalized spacial score (nSPS) is 24.9. The first-order valence-corrected chi connectivity index (χ1v) is 11.8. The largest absolute Gasteiger partial charge is 0.356 e. The molecule has 4 atom stereocenters. The van der Waals surface area contributed by atoms with Crippen molar-refractivity contribution in [1.29, 1.82) is 0 Å². The highest BCUT2D eigenvalue weighted by Crippen LogP contribution is 2.21. The average Bonchev–Trinajstić information content (AvgIpc) is 2.69. The third-order valence-electron chi connectivity index (χ3n) is 5.16. The lowest BCUT2D eigenvalue weighted by Crippen LogP contribution is -2.51. The van der Waals surface area contributed by atoms with Crippen LogP contribution in [0.2, 0.25) is 0 Å². The zero-order valence-electron chi connectivity index (χ0n) is 20.8. The topological polar surface area (TPSA) is 95.6 Å². The third kappa shape index (κ3) is 9.55. The molecule has 2 N–H and O–H groups in total. The molecule has 1 aliphatic rings. The van der Waals surface area contributed by atoms with Gasteiger partial charge in [-0.25, -0.2) is 0 Å². The molecule has 0 radical (unpaired) electrons. The van der Waals surface area contributed by atoms with Crippen molar-refractivity contribution >= 4 is 46.0 Å². The number of hydrogen-bond acceptors (Lipinski definition) is 5. The zero-order valence-corrected chi connectivity index (χ0v) is 20.0. The Bertz CT molecular complexity index is 696. The fourth-order valence-corrected chi connectivity index (χ4v) is 3.67. The van der Waals surface area contributed by atoms with Crippen molar-refractivity contribution in [1.82, 2.24) is 15.5 Å². The van der Waals surface area contributed by atoms with Crippen molar-refractivity contribution in [2.75, 3.05) is 17.5 Å². The first-order valence-electron chi connectivity index (χ1n) is 11.7. The summed E-state index contributed by atoms with van der Waals surface area (Å²) < 4.78 is 25.4. The van der Waals surface area contributed by atoms with Crippen LogP contribution in [-0.4, -0.2) is 63.9 Å². The van der Waals surface area contributed by atoms with Crippen LogP contribution in [0, 0.1) is 5.92 Å². The molecule has 1 fully saturated rings. The van der Waals surface area contributed by atoms with Gasteiger partial charge in [-0.2, -0.15) is 0 Å². The molecule has 0 aromatic carbocycles. The van der Waals surface area contributed by atoms with E-state index in [4.69, 9.17) is 4.11 Å². The number of hydrogen-bond donors (Lipinski definition) is 2. The Labute approximate surface area is 192 Å². The van der Waals surface area contributed by atoms with E-state index in [0.717, 1.165) is 19.3 Å². The van der Waals surface area contributed by atoms with Crippen LogP contribution in [0.1, 0.15) is 70.3 Å². The second-order valence-corrected chi connectivity index (χ2v) is 8.59. The van der Waals surface area contributed by atoms with Gasteiger partial charge in [-0.3, -0.25) is 24.1 Å². The first kappa shape index (κ1) is 21.2. The van der Waals surface area contributed by atoms with E-state index in [-0.39, 0.29) is 30.2 Å². The molecule has 1 aliphatic heterocycles. The molecular formula is C21H36IN3O4. The smallest absolute Gasteiger partial charge is 0.234 e. The van der Waals surface area contributed by atoms with E-state index in [1.807, 2.05) is 36.4 Å². The van der Waals surface area contributed by atoms with Gasteiger partial charge in [0.1, 0.15) is 5.78 Å². The standard InChI is InChI=1S/C21H36IN3O4/c1-14(21(29)23-10-6-9-18(26)12-22)11-19(27)17(4)24-20(28)13-25-15(2)7-5-8-16(25)3/h14-17H,5-13H2,1-4H3,(H,23,29)(H,24,28)/i13D2,17D. The van der Waals surface area contributed by atoms with E-state index in [1.165, 1.54) is 11.8 Å². The molecule has 0 aromatic heterocycles. The molecular weight excluding hydrogens is 485 g/mol. The Morgan fingerprint density at radius 1 is 1.21 bits per heavy atom. The van der Waals surface area contributed by atoms with Gasteiger partial charge in [0, 0.05) is 37.4 Å². The van der Waals surface area contributed by atoms with Crippen LogP contribution in [0.4, 0.5) is 0 Å². The van der Waals surface area contributed by atoms with Crippen LogP contribution >= 0.6 is 22.6 Å². The number of ketones is 2. The van der Waals surface area contributed by atoms with E-state index in [1.54, 1.807) is 6.92 Å². The Balaban J connectivity index is 2.65. The van der Waals surface area contributed by atoms with Gasteiger partial charge in [-0.05, 0) is 40.0 Å². The first-order chi connectivity index (χ1) is 14.7. The monoisotopic (exact) mass is 524 g/mol. The molecule has 8 heteroatoms. The van der Waals surface area contributed by atoms with Crippen molar-refractivity contribution < 1.29 is 23.3 Å². The summed E-state index contributed by atoms with van der Waals surface area (Å²) in [7, 11) is 0. The Hall–Kier alpha value is -1.03. The zero-order chi connectivity index (χ0) is 24.7. The highest BCUT2D eigenvalue weighted by atomic mass is 127. The van der Waals surface area contributed by atoms with Crippen LogP contribution in [0.15, 0.2) is 0 Å². The van der Waals surface area contributed by atoms with Crippen molar-refractivity contribution in [2.45, 2.75) is 84.3 Å². The average molecular weight is 524 g/mol. The lowest BCUT2D eigenvalue weighted by atomic mass is 9.97. The number of likely N-dealkylation sites (tertiary alicyclic amines) is 1. The van der Waals surface area contributed by atoms with Crippen molar-refractivity contribution in [2.24, 2.45) is 5.92 Å². The van der Waals surface area contributed by atoms with Crippen LogP contribution in [0.3, 0.4) is 0 Å².